The van der Waals surface area contributed by atoms with E-state index in [1.165, 1.54) is 19.4 Å². The summed E-state index contributed by atoms with van der Waals surface area (Å²) < 4.78 is 15.7. The standard InChI is InChI=1S/C21H16Cl2N2O5/c1-28-21(27)14-4-2-13(3-5-14)11-24-25-20(26)18-9-7-16(30-18)12-29-19-10-15(22)6-8-17(19)23/h2-11H,12H2,1H3,(H,25,26). The Kier molecular flexibility index (Phi) is 7.11. The van der Waals surface area contributed by atoms with Crippen LogP contribution < -0.4 is 10.2 Å². The van der Waals surface area contributed by atoms with E-state index in [-0.39, 0.29) is 12.4 Å². The number of benzene rings is 2. The molecule has 1 N–H and O–H groups in total. The highest BCUT2D eigenvalue weighted by atomic mass is 35.5. The lowest BCUT2D eigenvalue weighted by Gasteiger charge is -2.06. The maximum absolute atomic E-state index is 12.1. The number of amides is 1. The minimum Gasteiger partial charge on any atom is -0.484 e. The van der Waals surface area contributed by atoms with Gasteiger partial charge in [0.1, 0.15) is 18.1 Å². The van der Waals surface area contributed by atoms with E-state index < -0.39 is 11.9 Å². The van der Waals surface area contributed by atoms with Gasteiger partial charge in [-0.15, -0.1) is 0 Å². The van der Waals surface area contributed by atoms with Gasteiger partial charge in [-0.2, -0.15) is 5.10 Å². The molecule has 0 saturated carbocycles. The van der Waals surface area contributed by atoms with Gasteiger partial charge >= 0.3 is 11.9 Å². The second-order valence-corrected chi connectivity index (χ2v) is 6.79. The van der Waals surface area contributed by atoms with Gasteiger partial charge in [-0.25, -0.2) is 10.2 Å². The highest BCUT2D eigenvalue weighted by Gasteiger charge is 2.12. The fourth-order valence-corrected chi connectivity index (χ4v) is 2.69. The van der Waals surface area contributed by atoms with Crippen molar-refractivity contribution in [2.24, 2.45) is 5.10 Å². The van der Waals surface area contributed by atoms with Crippen LogP contribution >= 0.6 is 23.2 Å². The van der Waals surface area contributed by atoms with E-state index in [0.717, 1.165) is 0 Å². The van der Waals surface area contributed by atoms with Gasteiger partial charge in [-0.3, -0.25) is 4.79 Å². The van der Waals surface area contributed by atoms with E-state index in [4.69, 9.17) is 32.4 Å². The van der Waals surface area contributed by atoms with Crippen LogP contribution in [0.2, 0.25) is 10.0 Å². The molecule has 2 aromatic carbocycles. The molecule has 0 aliphatic rings. The average Bonchev–Trinajstić information content (AvgIpc) is 3.23. The summed E-state index contributed by atoms with van der Waals surface area (Å²) in [5, 5.41) is 4.78. The molecule has 7 nitrogen and oxygen atoms in total. The zero-order valence-electron chi connectivity index (χ0n) is 15.7. The van der Waals surface area contributed by atoms with E-state index in [1.807, 2.05) is 0 Å². The first-order valence-electron chi connectivity index (χ1n) is 8.64. The van der Waals surface area contributed by atoms with Gasteiger partial charge in [-0.1, -0.05) is 35.3 Å². The highest BCUT2D eigenvalue weighted by molar-refractivity contribution is 6.34. The summed E-state index contributed by atoms with van der Waals surface area (Å²) in [5.74, 6) is -0.0385. The average molecular weight is 447 g/mol. The number of hydrogen-bond donors (Lipinski definition) is 1. The summed E-state index contributed by atoms with van der Waals surface area (Å²) in [6, 6.07) is 14.5. The maximum atomic E-state index is 12.1. The van der Waals surface area contributed by atoms with Crippen molar-refractivity contribution in [1.29, 1.82) is 0 Å². The minimum atomic E-state index is -0.524. The summed E-state index contributed by atoms with van der Waals surface area (Å²) in [4.78, 5) is 23.5. The molecule has 0 bridgehead atoms. The van der Waals surface area contributed by atoms with Crippen LogP contribution in [0, 0.1) is 0 Å². The monoisotopic (exact) mass is 446 g/mol. The third-order valence-corrected chi connectivity index (χ3v) is 4.41. The lowest BCUT2D eigenvalue weighted by atomic mass is 10.1. The molecule has 0 saturated heterocycles. The summed E-state index contributed by atoms with van der Waals surface area (Å²) in [5.41, 5.74) is 3.47. The molecular formula is C21H16Cl2N2O5. The number of methoxy groups -OCH3 is 1. The zero-order valence-corrected chi connectivity index (χ0v) is 17.2. The number of carbonyl (C=O) groups excluding carboxylic acids is 2. The molecule has 3 aromatic rings. The first-order chi connectivity index (χ1) is 14.5. The molecule has 1 amide bonds. The zero-order chi connectivity index (χ0) is 21.5. The van der Waals surface area contributed by atoms with Crippen molar-refractivity contribution in [3.05, 3.63) is 87.3 Å². The molecule has 0 atom stereocenters. The van der Waals surface area contributed by atoms with Crippen LogP contribution in [0.25, 0.3) is 0 Å². The Balaban J connectivity index is 1.54. The number of ether oxygens (including phenoxy) is 2. The van der Waals surface area contributed by atoms with Gasteiger partial charge in [-0.05, 0) is 42.0 Å². The number of furan rings is 1. The Morgan fingerprint density at radius 2 is 1.87 bits per heavy atom. The largest absolute Gasteiger partial charge is 0.484 e. The Hall–Kier alpha value is -3.29. The molecule has 0 radical (unpaired) electrons. The number of halogens is 2. The lowest BCUT2D eigenvalue weighted by Crippen LogP contribution is -2.16. The fourth-order valence-electron chi connectivity index (χ4n) is 2.36. The molecule has 0 aliphatic heterocycles. The minimum absolute atomic E-state index is 0.0726. The first kappa shape index (κ1) is 21.4. The van der Waals surface area contributed by atoms with Crippen molar-refractivity contribution in [1.82, 2.24) is 5.43 Å². The number of nitrogens with zero attached hydrogens (tertiary/aromatic N) is 1. The van der Waals surface area contributed by atoms with Crippen molar-refractivity contribution >= 4 is 41.3 Å². The highest BCUT2D eigenvalue weighted by Crippen LogP contribution is 2.28. The molecule has 1 heterocycles. The summed E-state index contributed by atoms with van der Waals surface area (Å²) >= 11 is 12.0. The molecule has 30 heavy (non-hydrogen) atoms. The third kappa shape index (κ3) is 5.62. The summed E-state index contributed by atoms with van der Waals surface area (Å²) in [6.07, 6.45) is 1.44. The quantitative estimate of drug-likeness (QED) is 0.322. The molecular weight excluding hydrogens is 431 g/mol. The van der Waals surface area contributed by atoms with Crippen LogP contribution in [0.5, 0.6) is 5.75 Å². The maximum Gasteiger partial charge on any atom is 0.337 e. The number of nitrogens with one attached hydrogen (secondary N) is 1. The molecule has 0 unspecified atom stereocenters. The van der Waals surface area contributed by atoms with Gasteiger partial charge in [0.15, 0.2) is 5.76 Å². The van der Waals surface area contributed by atoms with Gasteiger partial charge in [0.25, 0.3) is 0 Å². The number of rotatable bonds is 7. The Labute approximate surface area is 182 Å². The Bertz CT molecular complexity index is 1080. The first-order valence-corrected chi connectivity index (χ1v) is 9.40. The molecule has 0 spiro atoms. The fraction of sp³-hybridized carbons (Fsp3) is 0.0952. The van der Waals surface area contributed by atoms with Gasteiger partial charge < -0.3 is 13.9 Å². The number of carbonyl (C=O) groups is 2. The Morgan fingerprint density at radius 1 is 1.10 bits per heavy atom. The van der Waals surface area contributed by atoms with Crippen LogP contribution in [0.3, 0.4) is 0 Å². The summed E-state index contributed by atoms with van der Waals surface area (Å²) in [7, 11) is 1.31. The van der Waals surface area contributed by atoms with Crippen molar-refractivity contribution < 1.29 is 23.5 Å². The van der Waals surface area contributed by atoms with Gasteiger partial charge in [0, 0.05) is 11.1 Å². The van der Waals surface area contributed by atoms with E-state index in [1.54, 1.807) is 48.5 Å². The van der Waals surface area contributed by atoms with Crippen LogP contribution in [0.15, 0.2) is 64.1 Å². The van der Waals surface area contributed by atoms with Crippen LogP contribution in [0.1, 0.15) is 32.2 Å². The topological polar surface area (TPSA) is 90.1 Å². The molecule has 154 valence electrons. The summed E-state index contributed by atoms with van der Waals surface area (Å²) in [6.45, 7) is 0.0726. The number of esters is 1. The van der Waals surface area contributed by atoms with Crippen molar-refractivity contribution in [3.63, 3.8) is 0 Å². The van der Waals surface area contributed by atoms with Crippen molar-refractivity contribution in [2.75, 3.05) is 7.11 Å². The second-order valence-electron chi connectivity index (χ2n) is 5.94. The Morgan fingerprint density at radius 3 is 2.60 bits per heavy atom. The van der Waals surface area contributed by atoms with Crippen LogP contribution in [0.4, 0.5) is 0 Å². The second kappa shape index (κ2) is 9.96. The normalized spacial score (nSPS) is 10.8. The van der Waals surface area contributed by atoms with Crippen LogP contribution in [-0.4, -0.2) is 25.2 Å². The van der Waals surface area contributed by atoms with Crippen molar-refractivity contribution in [3.8, 4) is 5.75 Å². The predicted molar refractivity (Wildman–Crippen MR) is 112 cm³/mol. The van der Waals surface area contributed by atoms with E-state index in [2.05, 4.69) is 15.3 Å². The van der Waals surface area contributed by atoms with E-state index >= 15 is 0 Å². The molecule has 1 aromatic heterocycles. The molecule has 9 heteroatoms. The van der Waals surface area contributed by atoms with Gasteiger partial charge in [0.2, 0.25) is 0 Å². The number of hydrogen-bond acceptors (Lipinski definition) is 6. The third-order valence-electron chi connectivity index (χ3n) is 3.86. The smallest absolute Gasteiger partial charge is 0.337 e. The van der Waals surface area contributed by atoms with Crippen molar-refractivity contribution in [2.45, 2.75) is 6.61 Å². The molecule has 3 rings (SSSR count). The number of hydrazone groups is 1. The van der Waals surface area contributed by atoms with Gasteiger partial charge in [0.05, 0.1) is 23.9 Å². The molecule has 0 aliphatic carbocycles. The SMILES string of the molecule is COC(=O)c1ccc(C=NNC(=O)c2ccc(COc3cc(Cl)ccc3Cl)o2)cc1. The lowest BCUT2D eigenvalue weighted by molar-refractivity contribution is 0.0600. The predicted octanol–water partition coefficient (Wildman–Crippen LogP) is 4.72. The molecule has 0 fully saturated rings. The van der Waals surface area contributed by atoms with E-state index in [9.17, 15) is 9.59 Å². The van der Waals surface area contributed by atoms with E-state index in [0.29, 0.717) is 32.7 Å². The van der Waals surface area contributed by atoms with Crippen LogP contribution in [-0.2, 0) is 11.3 Å².